The molecule has 0 fully saturated rings. The molecule has 0 radical (unpaired) electrons. The third-order valence-electron chi connectivity index (χ3n) is 4.34. The summed E-state index contributed by atoms with van der Waals surface area (Å²) in [6.45, 7) is 2.19. The van der Waals surface area contributed by atoms with Crippen molar-refractivity contribution >= 4 is 23.4 Å². The van der Waals surface area contributed by atoms with Gasteiger partial charge < -0.3 is 20.3 Å². The Balaban J connectivity index is 2.08. The molecule has 2 rings (SSSR count). The molecule has 2 N–H and O–H groups in total. The van der Waals surface area contributed by atoms with Gasteiger partial charge in [-0.3, -0.25) is 14.4 Å². The normalized spacial score (nSPS) is 10.2. The number of carbonyl (C=O) groups is 3. The number of carbonyl (C=O) groups excluding carboxylic acids is 3. The molecule has 0 atom stereocenters. The lowest BCUT2D eigenvalue weighted by Crippen LogP contribution is -2.41. The van der Waals surface area contributed by atoms with Crippen LogP contribution in [-0.2, 0) is 9.59 Å². The standard InChI is InChI=1S/C22H27N3O4/c1-16-8-6-9-17(14-16)29-13-7-12-21(27)25(15-20(26)23-2)19-11-5-4-10-18(19)22(28)24-3/h4-6,8-11,14H,7,12-13,15H2,1-3H3,(H,23,26)(H,24,28). The van der Waals surface area contributed by atoms with Gasteiger partial charge in [-0.1, -0.05) is 24.3 Å². The molecule has 154 valence electrons. The zero-order valence-electron chi connectivity index (χ0n) is 17.0. The third-order valence-corrected chi connectivity index (χ3v) is 4.34. The Kier molecular flexibility index (Phi) is 8.21. The van der Waals surface area contributed by atoms with Crippen LogP contribution < -0.4 is 20.3 Å². The van der Waals surface area contributed by atoms with E-state index in [0.717, 1.165) is 11.3 Å². The molecule has 2 aromatic rings. The van der Waals surface area contributed by atoms with Crippen LogP contribution in [0.3, 0.4) is 0 Å². The Labute approximate surface area is 171 Å². The Hall–Kier alpha value is -3.35. The fourth-order valence-corrected chi connectivity index (χ4v) is 2.82. The van der Waals surface area contributed by atoms with E-state index in [-0.39, 0.29) is 30.7 Å². The molecule has 0 heterocycles. The van der Waals surface area contributed by atoms with Crippen molar-refractivity contribution in [2.75, 3.05) is 32.1 Å². The van der Waals surface area contributed by atoms with E-state index < -0.39 is 0 Å². The van der Waals surface area contributed by atoms with Gasteiger partial charge in [-0.25, -0.2) is 0 Å². The first kappa shape index (κ1) is 21.9. The zero-order chi connectivity index (χ0) is 21.2. The number of anilines is 1. The van der Waals surface area contributed by atoms with Crippen molar-refractivity contribution in [3.8, 4) is 5.75 Å². The van der Waals surface area contributed by atoms with E-state index in [1.165, 1.54) is 19.0 Å². The van der Waals surface area contributed by atoms with Crippen molar-refractivity contribution < 1.29 is 19.1 Å². The molecule has 29 heavy (non-hydrogen) atoms. The Morgan fingerprint density at radius 3 is 2.45 bits per heavy atom. The lowest BCUT2D eigenvalue weighted by atomic mass is 10.1. The molecule has 3 amide bonds. The second-order valence-corrected chi connectivity index (χ2v) is 6.52. The molecule has 0 saturated heterocycles. The average molecular weight is 397 g/mol. The zero-order valence-corrected chi connectivity index (χ0v) is 17.0. The number of rotatable bonds is 9. The van der Waals surface area contributed by atoms with Crippen LogP contribution in [0.4, 0.5) is 5.69 Å². The van der Waals surface area contributed by atoms with Gasteiger partial charge in [0.1, 0.15) is 12.3 Å². The topological polar surface area (TPSA) is 87.7 Å². The third kappa shape index (κ3) is 6.34. The quantitative estimate of drug-likeness (QED) is 0.636. The molecular formula is C22H27N3O4. The lowest BCUT2D eigenvalue weighted by Gasteiger charge is -2.24. The highest BCUT2D eigenvalue weighted by molar-refractivity contribution is 6.06. The molecule has 0 aliphatic carbocycles. The monoisotopic (exact) mass is 397 g/mol. The van der Waals surface area contributed by atoms with Crippen molar-refractivity contribution in [2.45, 2.75) is 19.8 Å². The maximum Gasteiger partial charge on any atom is 0.253 e. The summed E-state index contributed by atoms with van der Waals surface area (Å²) in [5, 5.41) is 5.08. The van der Waals surface area contributed by atoms with Crippen LogP contribution in [-0.4, -0.2) is 45.0 Å². The number of hydrogen-bond donors (Lipinski definition) is 2. The van der Waals surface area contributed by atoms with Gasteiger partial charge in [0.05, 0.1) is 17.9 Å². The van der Waals surface area contributed by atoms with Crippen LogP contribution in [0.5, 0.6) is 5.75 Å². The number of para-hydroxylation sites is 1. The lowest BCUT2D eigenvalue weighted by molar-refractivity contribution is -0.123. The van der Waals surface area contributed by atoms with E-state index in [1.54, 1.807) is 24.3 Å². The molecule has 2 aromatic carbocycles. The van der Waals surface area contributed by atoms with Crippen molar-refractivity contribution in [3.05, 3.63) is 59.7 Å². The minimum Gasteiger partial charge on any atom is -0.494 e. The van der Waals surface area contributed by atoms with E-state index in [1.807, 2.05) is 31.2 Å². The smallest absolute Gasteiger partial charge is 0.253 e. The van der Waals surface area contributed by atoms with E-state index in [0.29, 0.717) is 24.3 Å². The number of aryl methyl sites for hydroxylation is 1. The van der Waals surface area contributed by atoms with Gasteiger partial charge in [0.2, 0.25) is 11.8 Å². The molecule has 7 nitrogen and oxygen atoms in total. The Morgan fingerprint density at radius 2 is 1.76 bits per heavy atom. The SMILES string of the molecule is CNC(=O)CN(C(=O)CCCOc1cccc(C)c1)c1ccccc1C(=O)NC. The highest BCUT2D eigenvalue weighted by Gasteiger charge is 2.23. The van der Waals surface area contributed by atoms with Gasteiger partial charge in [-0.15, -0.1) is 0 Å². The number of amides is 3. The number of hydrogen-bond acceptors (Lipinski definition) is 4. The molecule has 0 bridgehead atoms. The van der Waals surface area contributed by atoms with E-state index in [4.69, 9.17) is 4.74 Å². The van der Waals surface area contributed by atoms with Crippen LogP contribution >= 0.6 is 0 Å². The number of nitrogens with zero attached hydrogens (tertiary/aromatic N) is 1. The summed E-state index contributed by atoms with van der Waals surface area (Å²) >= 11 is 0. The molecule has 0 spiro atoms. The van der Waals surface area contributed by atoms with Crippen LogP contribution in [0.25, 0.3) is 0 Å². The van der Waals surface area contributed by atoms with Crippen molar-refractivity contribution in [1.29, 1.82) is 0 Å². The minimum absolute atomic E-state index is 0.165. The predicted octanol–water partition coefficient (Wildman–Crippen LogP) is 2.29. The predicted molar refractivity (Wildman–Crippen MR) is 112 cm³/mol. The van der Waals surface area contributed by atoms with Gasteiger partial charge in [0, 0.05) is 20.5 Å². The van der Waals surface area contributed by atoms with Gasteiger partial charge in [-0.05, 0) is 43.2 Å². The fraction of sp³-hybridized carbons (Fsp3) is 0.318. The maximum absolute atomic E-state index is 12.9. The van der Waals surface area contributed by atoms with Crippen LogP contribution in [0.1, 0.15) is 28.8 Å². The number of likely N-dealkylation sites (N-methyl/N-ethyl adjacent to an activating group) is 1. The first-order valence-corrected chi connectivity index (χ1v) is 9.47. The molecule has 0 aliphatic rings. The highest BCUT2D eigenvalue weighted by Crippen LogP contribution is 2.22. The summed E-state index contributed by atoms with van der Waals surface area (Å²) in [5.41, 5.74) is 1.84. The van der Waals surface area contributed by atoms with Crippen molar-refractivity contribution in [2.24, 2.45) is 0 Å². The van der Waals surface area contributed by atoms with Crippen LogP contribution in [0.15, 0.2) is 48.5 Å². The maximum atomic E-state index is 12.9. The van der Waals surface area contributed by atoms with Gasteiger partial charge in [0.25, 0.3) is 5.91 Å². The summed E-state index contributed by atoms with van der Waals surface area (Å²) in [6.07, 6.45) is 0.671. The average Bonchev–Trinajstić information content (AvgIpc) is 2.74. The van der Waals surface area contributed by atoms with Crippen molar-refractivity contribution in [1.82, 2.24) is 10.6 Å². The Morgan fingerprint density at radius 1 is 1.00 bits per heavy atom. The summed E-state index contributed by atoms with van der Waals surface area (Å²) in [5.74, 6) is -0.137. The number of ether oxygens (including phenoxy) is 1. The molecule has 0 unspecified atom stereocenters. The minimum atomic E-state index is -0.321. The molecule has 0 aromatic heterocycles. The van der Waals surface area contributed by atoms with E-state index in [2.05, 4.69) is 10.6 Å². The highest BCUT2D eigenvalue weighted by atomic mass is 16.5. The largest absolute Gasteiger partial charge is 0.494 e. The first-order chi connectivity index (χ1) is 14.0. The second kappa shape index (κ2) is 10.8. The second-order valence-electron chi connectivity index (χ2n) is 6.52. The van der Waals surface area contributed by atoms with Crippen LogP contribution in [0, 0.1) is 6.92 Å². The molecule has 7 heteroatoms. The van der Waals surface area contributed by atoms with E-state index in [9.17, 15) is 14.4 Å². The number of benzene rings is 2. The van der Waals surface area contributed by atoms with Crippen LogP contribution in [0.2, 0.25) is 0 Å². The van der Waals surface area contributed by atoms with Gasteiger partial charge >= 0.3 is 0 Å². The number of nitrogens with one attached hydrogen (secondary N) is 2. The summed E-state index contributed by atoms with van der Waals surface area (Å²) in [6, 6.07) is 14.4. The van der Waals surface area contributed by atoms with Gasteiger partial charge in [0.15, 0.2) is 0 Å². The molecular weight excluding hydrogens is 370 g/mol. The van der Waals surface area contributed by atoms with E-state index >= 15 is 0 Å². The summed E-state index contributed by atoms with van der Waals surface area (Å²) in [4.78, 5) is 38.4. The fourth-order valence-electron chi connectivity index (χ4n) is 2.82. The molecule has 0 aliphatic heterocycles. The summed E-state index contributed by atoms with van der Waals surface area (Å²) < 4.78 is 5.69. The molecule has 0 saturated carbocycles. The first-order valence-electron chi connectivity index (χ1n) is 9.47. The van der Waals surface area contributed by atoms with Gasteiger partial charge in [-0.2, -0.15) is 0 Å². The summed E-state index contributed by atoms with van der Waals surface area (Å²) in [7, 11) is 3.03. The van der Waals surface area contributed by atoms with Crippen molar-refractivity contribution in [3.63, 3.8) is 0 Å². The Bertz CT molecular complexity index is 867.